The molecule has 100 valence electrons. The number of nitrogens with one attached hydrogen (secondary N) is 1. The first-order valence-corrected chi connectivity index (χ1v) is 6.11. The average molecular weight is 260 g/mol. The highest BCUT2D eigenvalue weighted by Crippen LogP contribution is 2.07. The Balaban J connectivity index is 1.65. The minimum atomic E-state index is -0.149. The summed E-state index contributed by atoms with van der Waals surface area (Å²) in [4.78, 5) is 11.5. The third-order valence-electron chi connectivity index (χ3n) is 2.49. The Morgan fingerprint density at radius 1 is 1.37 bits per heavy atom. The van der Waals surface area contributed by atoms with Crippen molar-refractivity contribution in [3.05, 3.63) is 47.9 Å². The van der Waals surface area contributed by atoms with Crippen LogP contribution in [0.2, 0.25) is 0 Å². The maximum absolute atomic E-state index is 11.5. The zero-order valence-corrected chi connectivity index (χ0v) is 10.8. The van der Waals surface area contributed by atoms with Crippen molar-refractivity contribution in [3.8, 4) is 5.75 Å². The monoisotopic (exact) mass is 260 g/mol. The maximum atomic E-state index is 11.5. The van der Waals surface area contributed by atoms with Crippen LogP contribution < -0.4 is 10.1 Å². The van der Waals surface area contributed by atoms with Crippen molar-refractivity contribution in [3.63, 3.8) is 0 Å². The van der Waals surface area contributed by atoms with Gasteiger partial charge in [-0.1, -0.05) is 23.4 Å². The molecule has 0 saturated carbocycles. The van der Waals surface area contributed by atoms with Gasteiger partial charge in [-0.15, -0.1) is 0 Å². The molecule has 2 rings (SSSR count). The second-order valence-corrected chi connectivity index (χ2v) is 4.13. The van der Waals surface area contributed by atoms with Crippen LogP contribution in [0.3, 0.4) is 0 Å². The van der Waals surface area contributed by atoms with E-state index < -0.39 is 0 Å². The van der Waals surface area contributed by atoms with E-state index in [-0.39, 0.29) is 12.5 Å². The fourth-order valence-corrected chi connectivity index (χ4v) is 1.58. The van der Waals surface area contributed by atoms with Crippen LogP contribution in [0.5, 0.6) is 5.75 Å². The molecule has 1 aromatic carbocycles. The molecule has 1 aromatic heterocycles. The molecule has 1 amide bonds. The van der Waals surface area contributed by atoms with E-state index in [1.165, 1.54) is 0 Å². The average Bonchev–Trinajstić information content (AvgIpc) is 2.83. The molecule has 0 saturated heterocycles. The Hall–Kier alpha value is -2.30. The van der Waals surface area contributed by atoms with Gasteiger partial charge in [0, 0.05) is 19.0 Å². The molecule has 0 bridgehead atoms. The standard InChI is InChI=1S/C14H16N2O3/c1-11-9-12(16-19-11)7-8-15-14(17)10-18-13-5-3-2-4-6-13/h2-6,9H,7-8,10H2,1H3,(H,15,17). The number of ether oxygens (including phenoxy) is 1. The molecule has 0 aliphatic carbocycles. The third kappa shape index (κ3) is 4.46. The van der Waals surface area contributed by atoms with Crippen LogP contribution in [0.15, 0.2) is 40.9 Å². The lowest BCUT2D eigenvalue weighted by molar-refractivity contribution is -0.123. The predicted molar refractivity (Wildman–Crippen MR) is 69.9 cm³/mol. The summed E-state index contributed by atoms with van der Waals surface area (Å²) < 4.78 is 10.3. The smallest absolute Gasteiger partial charge is 0.257 e. The van der Waals surface area contributed by atoms with Crippen LogP contribution in [-0.4, -0.2) is 24.2 Å². The molecule has 5 nitrogen and oxygen atoms in total. The van der Waals surface area contributed by atoms with Gasteiger partial charge in [0.05, 0.1) is 5.69 Å². The lowest BCUT2D eigenvalue weighted by Crippen LogP contribution is -2.30. The molecule has 0 atom stereocenters. The minimum absolute atomic E-state index is 0.0157. The van der Waals surface area contributed by atoms with E-state index >= 15 is 0 Å². The number of carbonyl (C=O) groups is 1. The fourth-order valence-electron chi connectivity index (χ4n) is 1.58. The third-order valence-corrected chi connectivity index (χ3v) is 2.49. The number of hydrogen-bond acceptors (Lipinski definition) is 4. The molecule has 0 fully saturated rings. The largest absolute Gasteiger partial charge is 0.484 e. The molecule has 5 heteroatoms. The lowest BCUT2D eigenvalue weighted by Gasteiger charge is -2.06. The van der Waals surface area contributed by atoms with Crippen LogP contribution in [0.25, 0.3) is 0 Å². The van der Waals surface area contributed by atoms with Gasteiger partial charge in [0.25, 0.3) is 5.91 Å². The number of rotatable bonds is 6. The first-order valence-electron chi connectivity index (χ1n) is 6.11. The highest BCUT2D eigenvalue weighted by atomic mass is 16.5. The Bertz CT molecular complexity index is 522. The predicted octanol–water partition coefficient (Wildman–Crippen LogP) is 1.72. The first-order chi connectivity index (χ1) is 9.24. The van der Waals surface area contributed by atoms with E-state index in [9.17, 15) is 4.79 Å². The number of benzene rings is 1. The zero-order valence-electron chi connectivity index (χ0n) is 10.8. The number of carbonyl (C=O) groups excluding carboxylic acids is 1. The van der Waals surface area contributed by atoms with Crippen molar-refractivity contribution in [2.24, 2.45) is 0 Å². The number of aromatic nitrogens is 1. The summed E-state index contributed by atoms with van der Waals surface area (Å²) >= 11 is 0. The van der Waals surface area contributed by atoms with Crippen molar-refractivity contribution in [2.45, 2.75) is 13.3 Å². The summed E-state index contributed by atoms with van der Waals surface area (Å²) in [5.74, 6) is 1.31. The Morgan fingerprint density at radius 2 is 2.16 bits per heavy atom. The Labute approximate surface area is 111 Å². The van der Waals surface area contributed by atoms with Crippen molar-refractivity contribution in [1.82, 2.24) is 10.5 Å². The molecular formula is C14H16N2O3. The number of nitrogens with zero attached hydrogens (tertiary/aromatic N) is 1. The highest BCUT2D eigenvalue weighted by molar-refractivity contribution is 5.77. The molecule has 1 heterocycles. The molecule has 0 spiro atoms. The molecule has 0 aliphatic heterocycles. The van der Waals surface area contributed by atoms with Gasteiger partial charge in [0.1, 0.15) is 11.5 Å². The van der Waals surface area contributed by atoms with Crippen LogP contribution in [0.4, 0.5) is 0 Å². The lowest BCUT2D eigenvalue weighted by atomic mass is 10.3. The minimum Gasteiger partial charge on any atom is -0.484 e. The zero-order chi connectivity index (χ0) is 13.5. The summed E-state index contributed by atoms with van der Waals surface area (Å²) in [6.45, 7) is 2.37. The van der Waals surface area contributed by atoms with E-state index in [1.54, 1.807) is 0 Å². The highest BCUT2D eigenvalue weighted by Gasteiger charge is 2.04. The summed E-state index contributed by atoms with van der Waals surface area (Å²) in [5.41, 5.74) is 0.835. The quantitative estimate of drug-likeness (QED) is 0.859. The van der Waals surface area contributed by atoms with Gasteiger partial charge in [-0.2, -0.15) is 0 Å². The summed E-state index contributed by atoms with van der Waals surface area (Å²) in [6.07, 6.45) is 0.647. The van der Waals surface area contributed by atoms with Gasteiger partial charge in [-0.3, -0.25) is 4.79 Å². The molecule has 2 aromatic rings. The van der Waals surface area contributed by atoms with Gasteiger partial charge in [0.15, 0.2) is 6.61 Å². The second kappa shape index (κ2) is 6.58. The molecule has 1 N–H and O–H groups in total. The number of amides is 1. The number of hydrogen-bond donors (Lipinski definition) is 1. The van der Waals surface area contributed by atoms with Gasteiger partial charge in [0.2, 0.25) is 0 Å². The Morgan fingerprint density at radius 3 is 2.84 bits per heavy atom. The van der Waals surface area contributed by atoms with Crippen LogP contribution in [0, 0.1) is 6.92 Å². The maximum Gasteiger partial charge on any atom is 0.257 e. The van der Waals surface area contributed by atoms with Crippen LogP contribution in [-0.2, 0) is 11.2 Å². The van der Waals surface area contributed by atoms with E-state index in [4.69, 9.17) is 9.26 Å². The van der Waals surface area contributed by atoms with Crippen molar-refractivity contribution < 1.29 is 14.1 Å². The van der Waals surface area contributed by atoms with Gasteiger partial charge < -0.3 is 14.6 Å². The Kier molecular flexibility index (Phi) is 4.55. The van der Waals surface area contributed by atoms with E-state index in [0.29, 0.717) is 18.7 Å². The molecule has 0 aliphatic rings. The van der Waals surface area contributed by atoms with Gasteiger partial charge in [-0.25, -0.2) is 0 Å². The van der Waals surface area contributed by atoms with Crippen molar-refractivity contribution in [2.75, 3.05) is 13.2 Å². The SMILES string of the molecule is Cc1cc(CCNC(=O)COc2ccccc2)no1. The van der Waals surface area contributed by atoms with Crippen LogP contribution >= 0.6 is 0 Å². The van der Waals surface area contributed by atoms with E-state index in [1.807, 2.05) is 43.3 Å². The van der Waals surface area contributed by atoms with Gasteiger partial charge in [-0.05, 0) is 19.1 Å². The first kappa shape index (κ1) is 13.1. The molecular weight excluding hydrogens is 244 g/mol. The fraction of sp³-hybridized carbons (Fsp3) is 0.286. The van der Waals surface area contributed by atoms with E-state index in [0.717, 1.165) is 11.5 Å². The molecule has 19 heavy (non-hydrogen) atoms. The number of aryl methyl sites for hydroxylation is 1. The summed E-state index contributed by atoms with van der Waals surface area (Å²) in [6, 6.07) is 11.1. The molecule has 0 unspecified atom stereocenters. The molecule has 0 radical (unpaired) electrons. The second-order valence-electron chi connectivity index (χ2n) is 4.13. The van der Waals surface area contributed by atoms with Crippen LogP contribution in [0.1, 0.15) is 11.5 Å². The van der Waals surface area contributed by atoms with E-state index in [2.05, 4.69) is 10.5 Å². The van der Waals surface area contributed by atoms with Crippen molar-refractivity contribution in [1.29, 1.82) is 0 Å². The van der Waals surface area contributed by atoms with Gasteiger partial charge >= 0.3 is 0 Å². The summed E-state index contributed by atoms with van der Waals surface area (Å²) in [5, 5.41) is 6.61. The normalized spacial score (nSPS) is 10.2. The topological polar surface area (TPSA) is 64.4 Å². The number of para-hydroxylation sites is 1. The van der Waals surface area contributed by atoms with Crippen molar-refractivity contribution >= 4 is 5.91 Å². The summed E-state index contributed by atoms with van der Waals surface area (Å²) in [7, 11) is 0.